The van der Waals surface area contributed by atoms with Crippen LogP contribution in [0.3, 0.4) is 0 Å². The summed E-state index contributed by atoms with van der Waals surface area (Å²) < 4.78 is 55.6. The lowest BCUT2D eigenvalue weighted by Gasteiger charge is -2.35. The Balaban J connectivity index is 2.14. The lowest BCUT2D eigenvalue weighted by Crippen LogP contribution is -2.45. The molecule has 2 aromatic rings. The normalized spacial score (nSPS) is 17.6. The average molecular weight is 330 g/mol. The molecule has 1 N–H and O–H groups in total. The van der Waals surface area contributed by atoms with Crippen molar-refractivity contribution in [3.63, 3.8) is 0 Å². The molecule has 0 aliphatic carbocycles. The number of piperazine rings is 1. The zero-order valence-electron chi connectivity index (χ0n) is 11.6. The number of hydrogen-bond donors (Lipinski definition) is 1. The van der Waals surface area contributed by atoms with E-state index < -0.39 is 34.9 Å². The highest BCUT2D eigenvalue weighted by molar-refractivity contribution is 7.10. The van der Waals surface area contributed by atoms with Crippen molar-refractivity contribution in [1.29, 1.82) is 0 Å². The van der Waals surface area contributed by atoms with Gasteiger partial charge in [0, 0.05) is 37.1 Å². The van der Waals surface area contributed by atoms with Crippen LogP contribution in [-0.2, 0) is 0 Å². The van der Waals surface area contributed by atoms with Gasteiger partial charge in [-0.15, -0.1) is 11.3 Å². The first-order valence-electron chi connectivity index (χ1n) is 6.90. The summed E-state index contributed by atoms with van der Waals surface area (Å²) in [5.74, 6) is -5.39. The molecule has 0 saturated carbocycles. The average Bonchev–Trinajstić information content (AvgIpc) is 3.04. The Morgan fingerprint density at radius 1 is 1.05 bits per heavy atom. The minimum Gasteiger partial charge on any atom is -0.314 e. The number of nitrogens with zero attached hydrogens (tertiary/aromatic N) is 1. The third kappa shape index (κ3) is 2.76. The molecule has 7 heteroatoms. The Labute approximate surface area is 129 Å². The van der Waals surface area contributed by atoms with Gasteiger partial charge in [0.15, 0.2) is 23.3 Å². The van der Waals surface area contributed by atoms with Crippen LogP contribution in [0.2, 0.25) is 0 Å². The largest absolute Gasteiger partial charge is 0.314 e. The first kappa shape index (κ1) is 15.5. The summed E-state index contributed by atoms with van der Waals surface area (Å²) in [6, 6.07) is 2.89. The highest BCUT2D eigenvalue weighted by Gasteiger charge is 2.32. The SMILES string of the molecule is Fc1cc(F)c(F)c([C@H](c2cccs2)N2CCNCC2)c1F. The van der Waals surface area contributed by atoms with Crippen LogP contribution in [0.1, 0.15) is 16.5 Å². The van der Waals surface area contributed by atoms with Gasteiger partial charge in [0.05, 0.1) is 11.6 Å². The Morgan fingerprint density at radius 3 is 2.23 bits per heavy atom. The molecule has 1 saturated heterocycles. The third-order valence-corrected chi connectivity index (χ3v) is 4.67. The van der Waals surface area contributed by atoms with E-state index in [0.29, 0.717) is 31.1 Å². The monoisotopic (exact) mass is 330 g/mol. The summed E-state index contributed by atoms with van der Waals surface area (Å²) in [5, 5.41) is 4.92. The molecule has 0 unspecified atom stereocenters. The van der Waals surface area contributed by atoms with Crippen LogP contribution in [0.25, 0.3) is 0 Å². The summed E-state index contributed by atoms with van der Waals surface area (Å²) >= 11 is 1.31. The van der Waals surface area contributed by atoms with E-state index in [2.05, 4.69) is 5.32 Å². The van der Waals surface area contributed by atoms with Gasteiger partial charge in [-0.2, -0.15) is 0 Å². The van der Waals surface area contributed by atoms with Crippen LogP contribution in [0.5, 0.6) is 0 Å². The molecule has 1 aromatic heterocycles. The van der Waals surface area contributed by atoms with Crippen LogP contribution in [0.15, 0.2) is 23.6 Å². The van der Waals surface area contributed by atoms with E-state index in [1.807, 2.05) is 4.90 Å². The van der Waals surface area contributed by atoms with Gasteiger partial charge in [0.1, 0.15) is 0 Å². The second kappa shape index (κ2) is 6.36. The molecule has 2 nitrogen and oxygen atoms in total. The minimum atomic E-state index is -1.37. The number of hydrogen-bond acceptors (Lipinski definition) is 3. The molecule has 1 aliphatic heterocycles. The standard InChI is InChI=1S/C15H14F4N2S/c16-9-8-10(17)14(19)12(13(9)18)15(11-2-1-7-22-11)21-5-3-20-4-6-21/h1-2,7-8,15,20H,3-6H2/t15-/m0/s1. The van der Waals surface area contributed by atoms with Gasteiger partial charge < -0.3 is 5.32 Å². The number of halogens is 4. The van der Waals surface area contributed by atoms with Crippen molar-refractivity contribution in [2.24, 2.45) is 0 Å². The molecule has 118 valence electrons. The molecular formula is C15H14F4N2S. The molecule has 1 fully saturated rings. The molecular weight excluding hydrogens is 316 g/mol. The van der Waals surface area contributed by atoms with Crippen molar-refractivity contribution in [2.45, 2.75) is 6.04 Å². The maximum absolute atomic E-state index is 14.2. The molecule has 0 amide bonds. The minimum absolute atomic E-state index is 0.247. The topological polar surface area (TPSA) is 15.3 Å². The Bertz CT molecular complexity index is 628. The van der Waals surface area contributed by atoms with E-state index in [0.717, 1.165) is 0 Å². The molecule has 3 rings (SSSR count). The fraction of sp³-hybridized carbons (Fsp3) is 0.333. The van der Waals surface area contributed by atoms with Gasteiger partial charge in [-0.3, -0.25) is 4.90 Å². The smallest absolute Gasteiger partial charge is 0.167 e. The lowest BCUT2D eigenvalue weighted by molar-refractivity contribution is 0.192. The van der Waals surface area contributed by atoms with Crippen molar-refractivity contribution in [1.82, 2.24) is 10.2 Å². The number of benzene rings is 1. The molecule has 1 atom stereocenters. The fourth-order valence-electron chi connectivity index (χ4n) is 2.72. The van der Waals surface area contributed by atoms with Crippen molar-refractivity contribution in [3.05, 3.63) is 57.3 Å². The number of nitrogens with one attached hydrogen (secondary N) is 1. The van der Waals surface area contributed by atoms with E-state index in [1.165, 1.54) is 11.3 Å². The summed E-state index contributed by atoms with van der Waals surface area (Å²) in [4.78, 5) is 2.49. The first-order chi connectivity index (χ1) is 10.6. The van der Waals surface area contributed by atoms with Crippen molar-refractivity contribution >= 4 is 11.3 Å². The summed E-state index contributed by atoms with van der Waals surface area (Å²) in [6.07, 6.45) is 0. The summed E-state index contributed by atoms with van der Waals surface area (Å²) in [5.41, 5.74) is -0.554. The first-order valence-corrected chi connectivity index (χ1v) is 7.78. The van der Waals surface area contributed by atoms with Gasteiger partial charge >= 0.3 is 0 Å². The summed E-state index contributed by atoms with van der Waals surface area (Å²) in [7, 11) is 0. The van der Waals surface area contributed by atoms with Gasteiger partial charge in [0.2, 0.25) is 0 Å². The van der Waals surface area contributed by atoms with Crippen LogP contribution < -0.4 is 5.32 Å². The second-order valence-electron chi connectivity index (χ2n) is 5.09. The van der Waals surface area contributed by atoms with Crippen LogP contribution >= 0.6 is 11.3 Å². The second-order valence-corrected chi connectivity index (χ2v) is 6.07. The highest BCUT2D eigenvalue weighted by atomic mass is 32.1. The molecule has 0 bridgehead atoms. The van der Waals surface area contributed by atoms with Gasteiger partial charge in [-0.1, -0.05) is 6.07 Å². The zero-order chi connectivity index (χ0) is 15.7. The maximum Gasteiger partial charge on any atom is 0.167 e. The maximum atomic E-state index is 14.2. The van der Waals surface area contributed by atoms with Gasteiger partial charge in [-0.25, -0.2) is 17.6 Å². The van der Waals surface area contributed by atoms with Crippen LogP contribution in [0, 0.1) is 23.3 Å². The molecule has 1 aromatic carbocycles. The van der Waals surface area contributed by atoms with E-state index in [1.54, 1.807) is 17.5 Å². The molecule has 1 aliphatic rings. The van der Waals surface area contributed by atoms with E-state index >= 15 is 0 Å². The van der Waals surface area contributed by atoms with E-state index in [4.69, 9.17) is 0 Å². The van der Waals surface area contributed by atoms with Crippen molar-refractivity contribution in [2.75, 3.05) is 26.2 Å². The number of rotatable bonds is 3. The molecule has 2 heterocycles. The Kier molecular flexibility index (Phi) is 4.46. The molecule has 0 spiro atoms. The van der Waals surface area contributed by atoms with E-state index in [9.17, 15) is 17.6 Å². The van der Waals surface area contributed by atoms with E-state index in [-0.39, 0.29) is 6.07 Å². The van der Waals surface area contributed by atoms with Crippen molar-refractivity contribution in [3.8, 4) is 0 Å². The summed E-state index contributed by atoms with van der Waals surface area (Å²) in [6.45, 7) is 2.39. The Morgan fingerprint density at radius 2 is 1.68 bits per heavy atom. The fourth-order valence-corrected chi connectivity index (χ4v) is 3.59. The Hall–Kier alpha value is -1.44. The predicted octanol–water partition coefficient (Wildman–Crippen LogP) is 3.30. The van der Waals surface area contributed by atoms with Crippen LogP contribution in [0.4, 0.5) is 17.6 Å². The predicted molar refractivity (Wildman–Crippen MR) is 76.9 cm³/mol. The zero-order valence-corrected chi connectivity index (χ0v) is 12.4. The number of thiophene rings is 1. The van der Waals surface area contributed by atoms with Gasteiger partial charge in [0.25, 0.3) is 0 Å². The molecule has 0 radical (unpaired) electrons. The lowest BCUT2D eigenvalue weighted by atomic mass is 10.0. The third-order valence-electron chi connectivity index (χ3n) is 3.75. The van der Waals surface area contributed by atoms with Crippen molar-refractivity contribution < 1.29 is 17.6 Å². The highest BCUT2D eigenvalue weighted by Crippen LogP contribution is 2.36. The van der Waals surface area contributed by atoms with Crippen LogP contribution in [-0.4, -0.2) is 31.1 Å². The molecule has 22 heavy (non-hydrogen) atoms. The van der Waals surface area contributed by atoms with Gasteiger partial charge in [-0.05, 0) is 11.4 Å². The quantitative estimate of drug-likeness (QED) is 0.686.